The first-order valence-corrected chi connectivity index (χ1v) is 6.16. The molecule has 3 N–H and O–H groups in total. The van der Waals surface area contributed by atoms with E-state index in [-0.39, 0.29) is 11.6 Å². The number of nitrogens with zero attached hydrogens (tertiary/aromatic N) is 1. The van der Waals surface area contributed by atoms with E-state index in [1.54, 1.807) is 0 Å². The van der Waals surface area contributed by atoms with Gasteiger partial charge in [-0.05, 0) is 12.5 Å². The Hall–Kier alpha value is -1.11. The topological polar surface area (TPSA) is 87.1 Å². The quantitative estimate of drug-likeness (QED) is 0.671. The highest BCUT2D eigenvalue weighted by atomic mass is 35.5. The Bertz CT molecular complexity index is 495. The van der Waals surface area contributed by atoms with Crippen LogP contribution in [0, 0.1) is 5.92 Å². The average Bonchev–Trinajstić information content (AvgIpc) is 2.25. The summed E-state index contributed by atoms with van der Waals surface area (Å²) >= 11 is 5.61. The van der Waals surface area contributed by atoms with E-state index in [0.717, 1.165) is 6.54 Å². The second-order valence-corrected chi connectivity index (χ2v) is 5.00. The fourth-order valence-corrected chi connectivity index (χ4v) is 1.61. The van der Waals surface area contributed by atoms with Crippen molar-refractivity contribution in [3.8, 4) is 0 Å². The molecule has 0 spiro atoms. The number of aliphatic hydroxyl groups excluding tert-OH is 1. The molecule has 0 fully saturated rings. The molecule has 1 rings (SSSR count). The van der Waals surface area contributed by atoms with Crippen LogP contribution in [0.3, 0.4) is 0 Å². The highest BCUT2D eigenvalue weighted by Gasteiger charge is 2.08. The van der Waals surface area contributed by atoms with Crippen LogP contribution in [-0.2, 0) is 6.54 Å². The number of aromatic nitrogens is 2. The molecular weight excluding hydrogens is 258 g/mol. The summed E-state index contributed by atoms with van der Waals surface area (Å²) in [5.41, 5.74) is -1.20. The third-order valence-electron chi connectivity index (χ3n) is 2.31. The Balaban J connectivity index is 2.59. The van der Waals surface area contributed by atoms with Gasteiger partial charge in [-0.15, -0.1) is 0 Å². The van der Waals surface area contributed by atoms with Gasteiger partial charge in [-0.1, -0.05) is 25.4 Å². The van der Waals surface area contributed by atoms with Gasteiger partial charge in [-0.2, -0.15) is 0 Å². The van der Waals surface area contributed by atoms with E-state index in [1.165, 1.54) is 10.8 Å². The zero-order valence-corrected chi connectivity index (χ0v) is 11.2. The van der Waals surface area contributed by atoms with Gasteiger partial charge in [-0.3, -0.25) is 14.3 Å². The van der Waals surface area contributed by atoms with Crippen molar-refractivity contribution in [2.45, 2.75) is 26.5 Å². The highest BCUT2D eigenvalue weighted by Crippen LogP contribution is 1.97. The largest absolute Gasteiger partial charge is 0.390 e. The van der Waals surface area contributed by atoms with E-state index in [2.05, 4.69) is 24.1 Å². The number of hydrogen-bond donors (Lipinski definition) is 3. The number of aliphatic hydroxyl groups is 1. The smallest absolute Gasteiger partial charge is 0.328 e. The van der Waals surface area contributed by atoms with Crippen molar-refractivity contribution < 1.29 is 5.11 Å². The van der Waals surface area contributed by atoms with Crippen molar-refractivity contribution in [2.24, 2.45) is 5.92 Å². The van der Waals surface area contributed by atoms with Gasteiger partial charge >= 0.3 is 5.69 Å². The molecular formula is C11H18ClN3O3. The van der Waals surface area contributed by atoms with Gasteiger partial charge in [-0.25, -0.2) is 4.79 Å². The lowest BCUT2D eigenvalue weighted by molar-refractivity contribution is 0.148. The molecule has 7 heteroatoms. The lowest BCUT2D eigenvalue weighted by Gasteiger charge is -2.14. The van der Waals surface area contributed by atoms with Crippen LogP contribution in [-0.4, -0.2) is 33.9 Å². The Kier molecular flexibility index (Phi) is 5.58. The van der Waals surface area contributed by atoms with Crippen molar-refractivity contribution in [2.75, 3.05) is 13.1 Å². The molecule has 0 bridgehead atoms. The molecule has 0 radical (unpaired) electrons. The second-order valence-electron chi connectivity index (χ2n) is 4.59. The van der Waals surface area contributed by atoms with E-state index in [9.17, 15) is 14.7 Å². The minimum atomic E-state index is -0.719. The fraction of sp³-hybridized carbons (Fsp3) is 0.636. The maximum absolute atomic E-state index is 11.4. The predicted molar refractivity (Wildman–Crippen MR) is 70.0 cm³/mol. The van der Waals surface area contributed by atoms with Gasteiger partial charge in [0, 0.05) is 12.7 Å². The number of halogens is 1. The first kappa shape index (κ1) is 14.9. The van der Waals surface area contributed by atoms with E-state index in [1.807, 2.05) is 0 Å². The van der Waals surface area contributed by atoms with Crippen molar-refractivity contribution >= 4 is 11.6 Å². The normalized spacial score (nSPS) is 12.9. The van der Waals surface area contributed by atoms with Gasteiger partial charge < -0.3 is 10.4 Å². The number of nitrogens with one attached hydrogen (secondary N) is 2. The van der Waals surface area contributed by atoms with Crippen molar-refractivity contribution in [3.63, 3.8) is 0 Å². The molecule has 102 valence electrons. The summed E-state index contributed by atoms with van der Waals surface area (Å²) in [5.74, 6) is 0.488. The number of aromatic amines is 1. The zero-order valence-electron chi connectivity index (χ0n) is 10.4. The van der Waals surface area contributed by atoms with Crippen LogP contribution >= 0.6 is 11.6 Å². The fourth-order valence-electron chi connectivity index (χ4n) is 1.45. The standard InChI is InChI=1S/C11H18ClN3O3/c1-7(2)3-13-4-8(16)5-15-6-9(12)10(17)14-11(15)18/h6-8,13,16H,3-5H2,1-2H3,(H,14,17,18). The summed E-state index contributed by atoms with van der Waals surface area (Å²) in [7, 11) is 0. The Labute approximate surface area is 110 Å². The monoisotopic (exact) mass is 275 g/mol. The van der Waals surface area contributed by atoms with E-state index < -0.39 is 17.4 Å². The van der Waals surface area contributed by atoms with Gasteiger partial charge in [0.25, 0.3) is 5.56 Å². The number of H-pyrrole nitrogens is 1. The summed E-state index contributed by atoms with van der Waals surface area (Å²) in [5, 5.41) is 12.8. The van der Waals surface area contributed by atoms with Crippen LogP contribution in [0.15, 0.2) is 15.8 Å². The van der Waals surface area contributed by atoms with Gasteiger partial charge in [0.15, 0.2) is 0 Å². The maximum Gasteiger partial charge on any atom is 0.328 e. The molecule has 0 aromatic carbocycles. The van der Waals surface area contributed by atoms with Crippen LogP contribution in [0.2, 0.25) is 5.02 Å². The molecule has 0 saturated heterocycles. The molecule has 18 heavy (non-hydrogen) atoms. The van der Waals surface area contributed by atoms with Crippen LogP contribution < -0.4 is 16.6 Å². The maximum atomic E-state index is 11.4. The lowest BCUT2D eigenvalue weighted by atomic mass is 10.2. The van der Waals surface area contributed by atoms with E-state index in [0.29, 0.717) is 12.5 Å². The molecule has 0 aliphatic rings. The lowest BCUT2D eigenvalue weighted by Crippen LogP contribution is -2.37. The summed E-state index contributed by atoms with van der Waals surface area (Å²) < 4.78 is 1.19. The molecule has 1 aromatic heterocycles. The minimum Gasteiger partial charge on any atom is -0.390 e. The molecule has 1 heterocycles. The molecule has 0 aliphatic heterocycles. The highest BCUT2D eigenvalue weighted by molar-refractivity contribution is 6.30. The van der Waals surface area contributed by atoms with E-state index in [4.69, 9.17) is 11.6 Å². The van der Waals surface area contributed by atoms with E-state index >= 15 is 0 Å². The van der Waals surface area contributed by atoms with Crippen LogP contribution in [0.1, 0.15) is 13.8 Å². The molecule has 1 aromatic rings. The van der Waals surface area contributed by atoms with Crippen LogP contribution in [0.4, 0.5) is 0 Å². The van der Waals surface area contributed by atoms with Crippen molar-refractivity contribution in [1.29, 1.82) is 0 Å². The molecule has 0 aliphatic carbocycles. The molecule has 0 saturated carbocycles. The Morgan fingerprint density at radius 2 is 2.11 bits per heavy atom. The average molecular weight is 276 g/mol. The first-order chi connectivity index (χ1) is 8.40. The van der Waals surface area contributed by atoms with Crippen molar-refractivity contribution in [3.05, 3.63) is 32.1 Å². The van der Waals surface area contributed by atoms with Gasteiger partial charge in [0.2, 0.25) is 0 Å². The van der Waals surface area contributed by atoms with Crippen molar-refractivity contribution in [1.82, 2.24) is 14.9 Å². The van der Waals surface area contributed by atoms with Crippen LogP contribution in [0.25, 0.3) is 0 Å². The minimum absolute atomic E-state index is 0.0723. The van der Waals surface area contributed by atoms with Crippen LogP contribution in [0.5, 0.6) is 0 Å². The Morgan fingerprint density at radius 3 is 2.72 bits per heavy atom. The number of rotatable bonds is 6. The summed E-state index contributed by atoms with van der Waals surface area (Å²) in [4.78, 5) is 24.6. The zero-order chi connectivity index (χ0) is 13.7. The van der Waals surface area contributed by atoms with Gasteiger partial charge in [0.05, 0.1) is 12.6 Å². The third-order valence-corrected chi connectivity index (χ3v) is 2.58. The summed E-state index contributed by atoms with van der Waals surface area (Å²) in [6, 6.07) is 0. The van der Waals surface area contributed by atoms with Gasteiger partial charge in [0.1, 0.15) is 5.02 Å². The molecule has 1 atom stereocenters. The molecule has 0 amide bonds. The Morgan fingerprint density at radius 1 is 1.44 bits per heavy atom. The number of hydrogen-bond acceptors (Lipinski definition) is 4. The third kappa shape index (κ3) is 4.64. The summed E-state index contributed by atoms with van der Waals surface area (Å²) in [6.45, 7) is 5.37. The SMILES string of the molecule is CC(C)CNCC(O)Cn1cc(Cl)c(=O)[nH]c1=O. The predicted octanol–water partition coefficient (Wildman–Crippen LogP) is -0.204. The first-order valence-electron chi connectivity index (χ1n) is 5.78. The second kappa shape index (κ2) is 6.72. The molecule has 6 nitrogen and oxygen atoms in total. The molecule has 1 unspecified atom stereocenters. The summed E-state index contributed by atoms with van der Waals surface area (Å²) in [6.07, 6.45) is 0.511.